The minimum Gasteiger partial charge on any atom is -0.207 e. The summed E-state index contributed by atoms with van der Waals surface area (Å²) in [6, 6.07) is 3.69. The first-order valence-electron chi connectivity index (χ1n) is 6.26. The second-order valence-electron chi connectivity index (χ2n) is 4.97. The van der Waals surface area contributed by atoms with Crippen LogP contribution in [0.25, 0.3) is 0 Å². The average molecular weight is 306 g/mol. The van der Waals surface area contributed by atoms with E-state index < -0.39 is 15.8 Å². The molecule has 0 heterocycles. The molecule has 19 heavy (non-hydrogen) atoms. The van der Waals surface area contributed by atoms with Crippen LogP contribution in [0.2, 0.25) is 0 Å². The Hall–Kier alpha value is -0.650. The summed E-state index contributed by atoms with van der Waals surface area (Å²) in [5.74, 6) is -0.0937. The Kier molecular flexibility index (Phi) is 4.48. The van der Waals surface area contributed by atoms with Crippen molar-refractivity contribution in [3.63, 3.8) is 0 Å². The predicted molar refractivity (Wildman–Crippen MR) is 73.1 cm³/mol. The van der Waals surface area contributed by atoms with E-state index in [1.807, 2.05) is 0 Å². The number of halogens is 2. The third-order valence-electron chi connectivity index (χ3n) is 3.60. The molecule has 1 saturated carbocycles. The van der Waals surface area contributed by atoms with E-state index in [-0.39, 0.29) is 10.8 Å². The first kappa shape index (κ1) is 14.8. The van der Waals surface area contributed by atoms with Gasteiger partial charge in [-0.1, -0.05) is 12.5 Å². The zero-order chi connectivity index (χ0) is 14.0. The van der Waals surface area contributed by atoms with Crippen LogP contribution in [0.1, 0.15) is 24.8 Å². The van der Waals surface area contributed by atoms with Crippen molar-refractivity contribution in [2.75, 3.05) is 13.6 Å². The number of alkyl halides is 1. The van der Waals surface area contributed by atoms with Gasteiger partial charge in [0.25, 0.3) is 0 Å². The van der Waals surface area contributed by atoms with Gasteiger partial charge in [-0.05, 0) is 36.5 Å². The highest BCUT2D eigenvalue weighted by molar-refractivity contribution is 7.89. The lowest BCUT2D eigenvalue weighted by molar-refractivity contribution is 0.263. The summed E-state index contributed by atoms with van der Waals surface area (Å²) >= 11 is 5.73. The van der Waals surface area contributed by atoms with Crippen molar-refractivity contribution in [1.29, 1.82) is 0 Å². The molecule has 0 bridgehead atoms. The summed E-state index contributed by atoms with van der Waals surface area (Å²) in [6.07, 6.45) is 3.28. The van der Waals surface area contributed by atoms with E-state index >= 15 is 0 Å². The minimum atomic E-state index is -3.67. The van der Waals surface area contributed by atoms with Crippen molar-refractivity contribution < 1.29 is 12.8 Å². The lowest BCUT2D eigenvalue weighted by Crippen LogP contribution is -2.34. The van der Waals surface area contributed by atoms with Gasteiger partial charge >= 0.3 is 0 Å². The van der Waals surface area contributed by atoms with E-state index in [4.69, 9.17) is 11.6 Å². The molecule has 0 aliphatic heterocycles. The van der Waals surface area contributed by atoms with Crippen molar-refractivity contribution in [3.8, 4) is 0 Å². The van der Waals surface area contributed by atoms with Crippen molar-refractivity contribution in [2.45, 2.75) is 30.0 Å². The van der Waals surface area contributed by atoms with Crippen LogP contribution >= 0.6 is 11.6 Å². The van der Waals surface area contributed by atoms with Gasteiger partial charge in [-0.2, -0.15) is 0 Å². The lowest BCUT2D eigenvalue weighted by atomic mass is 9.86. The summed E-state index contributed by atoms with van der Waals surface area (Å²) in [5, 5.41) is 0. The van der Waals surface area contributed by atoms with Crippen LogP contribution in [-0.2, 0) is 15.9 Å². The normalized spacial score (nSPS) is 16.6. The van der Waals surface area contributed by atoms with Crippen molar-refractivity contribution in [3.05, 3.63) is 29.6 Å². The SMILES string of the molecule is CN(CC1CCC1)S(=O)(=O)c1cc(F)ccc1CCl. The molecule has 0 radical (unpaired) electrons. The van der Waals surface area contributed by atoms with Gasteiger partial charge in [0, 0.05) is 19.5 Å². The summed E-state index contributed by atoms with van der Waals surface area (Å²) < 4.78 is 39.5. The van der Waals surface area contributed by atoms with E-state index in [0.717, 1.165) is 25.3 Å². The van der Waals surface area contributed by atoms with E-state index in [2.05, 4.69) is 0 Å². The number of hydrogen-bond donors (Lipinski definition) is 0. The zero-order valence-electron chi connectivity index (χ0n) is 10.8. The van der Waals surface area contributed by atoms with Crippen LogP contribution in [0, 0.1) is 11.7 Å². The Morgan fingerprint density at radius 1 is 1.42 bits per heavy atom. The number of nitrogens with zero attached hydrogens (tertiary/aromatic N) is 1. The number of benzene rings is 1. The molecule has 2 rings (SSSR count). The number of rotatable bonds is 5. The largest absolute Gasteiger partial charge is 0.243 e. The Balaban J connectivity index is 2.29. The maximum Gasteiger partial charge on any atom is 0.243 e. The van der Waals surface area contributed by atoms with Gasteiger partial charge in [0.1, 0.15) is 5.82 Å². The molecule has 0 unspecified atom stereocenters. The summed E-state index contributed by atoms with van der Waals surface area (Å²) in [6.45, 7) is 0.487. The van der Waals surface area contributed by atoms with Crippen LogP contribution in [0.3, 0.4) is 0 Å². The van der Waals surface area contributed by atoms with Gasteiger partial charge in [0.05, 0.1) is 4.90 Å². The van der Waals surface area contributed by atoms with Gasteiger partial charge in [-0.3, -0.25) is 0 Å². The fraction of sp³-hybridized carbons (Fsp3) is 0.538. The molecule has 0 N–H and O–H groups in total. The van der Waals surface area contributed by atoms with Crippen LogP contribution in [0.5, 0.6) is 0 Å². The van der Waals surface area contributed by atoms with E-state index in [0.29, 0.717) is 18.0 Å². The molecule has 106 valence electrons. The van der Waals surface area contributed by atoms with Gasteiger partial charge in [0.15, 0.2) is 0 Å². The lowest BCUT2D eigenvalue weighted by Gasteiger charge is -2.30. The molecule has 0 spiro atoms. The Morgan fingerprint density at radius 2 is 2.11 bits per heavy atom. The highest BCUT2D eigenvalue weighted by Gasteiger charge is 2.28. The second-order valence-corrected chi connectivity index (χ2v) is 7.25. The Morgan fingerprint density at radius 3 is 2.63 bits per heavy atom. The molecule has 1 aromatic rings. The van der Waals surface area contributed by atoms with Crippen molar-refractivity contribution >= 4 is 21.6 Å². The minimum absolute atomic E-state index is 0.0238. The molecule has 0 amide bonds. The van der Waals surface area contributed by atoms with Crippen LogP contribution in [0.15, 0.2) is 23.1 Å². The molecule has 0 aromatic heterocycles. The fourth-order valence-electron chi connectivity index (χ4n) is 2.18. The monoisotopic (exact) mass is 305 g/mol. The number of hydrogen-bond acceptors (Lipinski definition) is 2. The van der Waals surface area contributed by atoms with E-state index in [1.165, 1.54) is 23.5 Å². The van der Waals surface area contributed by atoms with Gasteiger partial charge < -0.3 is 0 Å². The Labute approximate surface area is 118 Å². The standard InChI is InChI=1S/C13H17ClFNO2S/c1-16(9-10-3-2-4-10)19(17,18)13-7-12(15)6-5-11(13)8-14/h5-7,10H,2-4,8-9H2,1H3. The van der Waals surface area contributed by atoms with Gasteiger partial charge in [-0.25, -0.2) is 17.1 Å². The highest BCUT2D eigenvalue weighted by Crippen LogP contribution is 2.29. The third-order valence-corrected chi connectivity index (χ3v) is 5.79. The molecule has 1 fully saturated rings. The topological polar surface area (TPSA) is 37.4 Å². The molecule has 0 saturated heterocycles. The second kappa shape index (κ2) is 5.77. The first-order valence-corrected chi connectivity index (χ1v) is 8.23. The van der Waals surface area contributed by atoms with Crippen molar-refractivity contribution in [2.24, 2.45) is 5.92 Å². The van der Waals surface area contributed by atoms with Crippen LogP contribution in [-0.4, -0.2) is 26.3 Å². The average Bonchev–Trinajstić information content (AvgIpc) is 2.33. The molecular formula is C13H17ClFNO2S. The van der Waals surface area contributed by atoms with Crippen molar-refractivity contribution in [1.82, 2.24) is 4.31 Å². The molecule has 0 atom stereocenters. The molecule has 6 heteroatoms. The van der Waals surface area contributed by atoms with Crippen LogP contribution < -0.4 is 0 Å². The van der Waals surface area contributed by atoms with Gasteiger partial charge in [-0.15, -0.1) is 11.6 Å². The molecule has 1 aliphatic rings. The fourth-order valence-corrected chi connectivity index (χ4v) is 3.97. The summed E-state index contributed by atoms with van der Waals surface area (Å²) in [4.78, 5) is -0.0238. The molecule has 1 aromatic carbocycles. The highest BCUT2D eigenvalue weighted by atomic mass is 35.5. The maximum atomic E-state index is 13.3. The Bertz CT molecular complexity index is 558. The molecule has 1 aliphatic carbocycles. The van der Waals surface area contributed by atoms with Crippen LogP contribution in [0.4, 0.5) is 4.39 Å². The molecule has 3 nitrogen and oxygen atoms in total. The first-order chi connectivity index (χ1) is 8.95. The summed E-state index contributed by atoms with van der Waals surface area (Å²) in [7, 11) is -2.13. The molecular weight excluding hydrogens is 289 g/mol. The van der Waals surface area contributed by atoms with Gasteiger partial charge in [0.2, 0.25) is 10.0 Å². The maximum absolute atomic E-state index is 13.3. The van der Waals surface area contributed by atoms with E-state index in [9.17, 15) is 12.8 Å². The zero-order valence-corrected chi connectivity index (χ0v) is 12.3. The smallest absolute Gasteiger partial charge is 0.207 e. The third kappa shape index (κ3) is 3.09. The quantitative estimate of drug-likeness (QED) is 0.784. The predicted octanol–water partition coefficient (Wildman–Crippen LogP) is 2.99. The number of sulfonamides is 1. The summed E-state index contributed by atoms with van der Waals surface area (Å²) in [5.41, 5.74) is 0.434. The van der Waals surface area contributed by atoms with E-state index in [1.54, 1.807) is 0 Å².